The zero-order chi connectivity index (χ0) is 24.1. The van der Waals surface area contributed by atoms with Gasteiger partial charge in [-0.1, -0.05) is 18.2 Å². The van der Waals surface area contributed by atoms with Crippen LogP contribution >= 0.6 is 0 Å². The second-order valence-electron chi connectivity index (χ2n) is 7.70. The SMILES string of the molecule is O=C(C[C@H]1C=C[C@@H](NC(=O)Nc2cc(F)ccc2F)[C@@H](CO)O1)NCc1ccc2c(c1)OCO2. The molecule has 0 fully saturated rings. The summed E-state index contributed by atoms with van der Waals surface area (Å²) in [7, 11) is 0. The van der Waals surface area contributed by atoms with E-state index in [1.807, 2.05) is 6.07 Å². The third kappa shape index (κ3) is 5.80. The summed E-state index contributed by atoms with van der Waals surface area (Å²) in [4.78, 5) is 24.5. The van der Waals surface area contributed by atoms with Gasteiger partial charge in [0.2, 0.25) is 12.7 Å². The number of amides is 3. The van der Waals surface area contributed by atoms with Crippen LogP contribution in [0.2, 0.25) is 0 Å². The first-order valence-corrected chi connectivity index (χ1v) is 10.5. The van der Waals surface area contributed by atoms with Crippen molar-refractivity contribution in [2.45, 2.75) is 31.2 Å². The molecule has 2 aromatic carbocycles. The van der Waals surface area contributed by atoms with Crippen LogP contribution in [-0.2, 0) is 16.1 Å². The third-order valence-electron chi connectivity index (χ3n) is 5.25. The lowest BCUT2D eigenvalue weighted by Gasteiger charge is -2.31. The summed E-state index contributed by atoms with van der Waals surface area (Å²) in [6.45, 7) is 0.0248. The van der Waals surface area contributed by atoms with Crippen molar-refractivity contribution >= 4 is 17.6 Å². The van der Waals surface area contributed by atoms with Crippen LogP contribution < -0.4 is 25.4 Å². The topological polar surface area (TPSA) is 118 Å². The summed E-state index contributed by atoms with van der Waals surface area (Å²) in [5.41, 5.74) is 0.520. The summed E-state index contributed by atoms with van der Waals surface area (Å²) in [5.74, 6) is -0.486. The van der Waals surface area contributed by atoms with Crippen LogP contribution in [-0.4, -0.2) is 48.7 Å². The van der Waals surface area contributed by atoms with Crippen LogP contribution in [0.4, 0.5) is 19.3 Å². The van der Waals surface area contributed by atoms with Crippen LogP contribution in [0.25, 0.3) is 0 Å². The van der Waals surface area contributed by atoms with Crippen LogP contribution in [0, 0.1) is 11.6 Å². The molecule has 11 heteroatoms. The fourth-order valence-corrected chi connectivity index (χ4v) is 3.55. The largest absolute Gasteiger partial charge is 0.454 e. The fourth-order valence-electron chi connectivity index (χ4n) is 3.55. The molecule has 0 aliphatic carbocycles. The zero-order valence-electron chi connectivity index (χ0n) is 17.9. The minimum atomic E-state index is -0.834. The Morgan fingerprint density at radius 3 is 2.71 bits per heavy atom. The molecule has 0 spiro atoms. The second kappa shape index (κ2) is 10.5. The first-order valence-electron chi connectivity index (χ1n) is 10.5. The van der Waals surface area contributed by atoms with E-state index in [1.54, 1.807) is 24.3 Å². The number of hydrogen-bond donors (Lipinski definition) is 4. The molecular formula is C23H23F2N3O6. The van der Waals surface area contributed by atoms with Crippen molar-refractivity contribution < 1.29 is 37.7 Å². The number of urea groups is 1. The molecule has 2 heterocycles. The molecule has 0 saturated heterocycles. The van der Waals surface area contributed by atoms with Gasteiger partial charge >= 0.3 is 6.03 Å². The van der Waals surface area contributed by atoms with E-state index >= 15 is 0 Å². The van der Waals surface area contributed by atoms with Gasteiger partial charge in [0.15, 0.2) is 11.5 Å². The number of aliphatic hydroxyl groups is 1. The van der Waals surface area contributed by atoms with Crippen molar-refractivity contribution in [1.29, 1.82) is 0 Å². The third-order valence-corrected chi connectivity index (χ3v) is 5.25. The monoisotopic (exact) mass is 475 g/mol. The summed E-state index contributed by atoms with van der Waals surface area (Å²) < 4.78 is 43.3. The Morgan fingerprint density at radius 1 is 1.06 bits per heavy atom. The quantitative estimate of drug-likeness (QED) is 0.456. The highest BCUT2D eigenvalue weighted by Crippen LogP contribution is 2.32. The van der Waals surface area contributed by atoms with Crippen molar-refractivity contribution in [3.05, 3.63) is 65.7 Å². The van der Waals surface area contributed by atoms with E-state index in [0.29, 0.717) is 11.5 Å². The van der Waals surface area contributed by atoms with Gasteiger partial charge in [-0.25, -0.2) is 13.6 Å². The number of hydrogen-bond acceptors (Lipinski definition) is 6. The molecule has 0 saturated carbocycles. The molecule has 0 bridgehead atoms. The van der Waals surface area contributed by atoms with Crippen LogP contribution in [0.1, 0.15) is 12.0 Å². The average Bonchev–Trinajstić information content (AvgIpc) is 3.29. The Labute approximate surface area is 193 Å². The Morgan fingerprint density at radius 2 is 1.88 bits per heavy atom. The normalized spacial score (nSPS) is 20.6. The van der Waals surface area contributed by atoms with Crippen LogP contribution in [0.15, 0.2) is 48.6 Å². The molecule has 3 amide bonds. The minimum Gasteiger partial charge on any atom is -0.454 e. The van der Waals surface area contributed by atoms with Gasteiger partial charge in [0.05, 0.1) is 30.9 Å². The number of halogens is 2. The summed E-state index contributed by atoms with van der Waals surface area (Å²) in [5, 5.41) is 17.2. The van der Waals surface area contributed by atoms with E-state index in [-0.39, 0.29) is 31.4 Å². The molecule has 0 radical (unpaired) electrons. The zero-order valence-corrected chi connectivity index (χ0v) is 17.9. The number of aliphatic hydroxyl groups excluding tert-OH is 1. The fraction of sp³-hybridized carbons (Fsp3) is 0.304. The highest BCUT2D eigenvalue weighted by Gasteiger charge is 2.29. The molecule has 0 aromatic heterocycles. The smallest absolute Gasteiger partial charge is 0.319 e. The first-order chi connectivity index (χ1) is 16.4. The number of nitrogens with one attached hydrogen (secondary N) is 3. The summed E-state index contributed by atoms with van der Waals surface area (Å²) in [6, 6.07) is 6.52. The lowest BCUT2D eigenvalue weighted by atomic mass is 10.0. The minimum absolute atomic E-state index is 0.00493. The number of carbonyl (C=O) groups excluding carboxylic acids is 2. The summed E-state index contributed by atoms with van der Waals surface area (Å²) in [6.07, 6.45) is 1.74. The standard InChI is InChI=1S/C23H23F2N3O6/c24-14-2-4-16(25)18(8-14)28-23(31)27-17-5-3-15(34-21(17)11-29)9-22(30)26-10-13-1-6-19-20(7-13)33-12-32-19/h1-8,15,17,21,29H,9-12H2,(H,26,30)(H2,27,28,31)/t15-,17-,21-/m1/s1. The Balaban J connectivity index is 1.27. The van der Waals surface area contributed by atoms with Crippen molar-refractivity contribution in [2.75, 3.05) is 18.7 Å². The molecule has 2 aromatic rings. The maximum absolute atomic E-state index is 13.7. The van der Waals surface area contributed by atoms with Crippen LogP contribution in [0.5, 0.6) is 11.5 Å². The molecule has 4 rings (SSSR count). The number of carbonyl (C=O) groups is 2. The predicted octanol–water partition coefficient (Wildman–Crippen LogP) is 2.21. The van der Waals surface area contributed by atoms with Crippen molar-refractivity contribution in [3.63, 3.8) is 0 Å². The van der Waals surface area contributed by atoms with Gasteiger partial charge in [0.25, 0.3) is 0 Å². The lowest BCUT2D eigenvalue weighted by molar-refractivity contribution is -0.125. The maximum atomic E-state index is 13.7. The first kappa shape index (κ1) is 23.5. The molecule has 0 unspecified atom stereocenters. The Bertz CT molecular complexity index is 1100. The van der Waals surface area contributed by atoms with Gasteiger partial charge in [-0.3, -0.25) is 4.79 Å². The van der Waals surface area contributed by atoms with Crippen molar-refractivity contribution in [2.24, 2.45) is 0 Å². The predicted molar refractivity (Wildman–Crippen MR) is 116 cm³/mol. The van der Waals surface area contributed by atoms with E-state index < -0.39 is 42.5 Å². The Hall–Kier alpha value is -3.70. The maximum Gasteiger partial charge on any atom is 0.319 e. The molecule has 34 heavy (non-hydrogen) atoms. The highest BCUT2D eigenvalue weighted by atomic mass is 19.1. The van der Waals surface area contributed by atoms with E-state index in [1.165, 1.54) is 0 Å². The number of rotatable bonds is 7. The molecule has 9 nitrogen and oxygen atoms in total. The number of benzene rings is 2. The second-order valence-corrected chi connectivity index (χ2v) is 7.70. The van der Waals surface area contributed by atoms with Crippen LogP contribution in [0.3, 0.4) is 0 Å². The molecular weight excluding hydrogens is 452 g/mol. The van der Waals surface area contributed by atoms with Gasteiger partial charge in [-0.15, -0.1) is 0 Å². The van der Waals surface area contributed by atoms with Crippen molar-refractivity contribution in [3.8, 4) is 11.5 Å². The average molecular weight is 475 g/mol. The molecule has 180 valence electrons. The Kier molecular flexibility index (Phi) is 7.24. The highest BCUT2D eigenvalue weighted by molar-refractivity contribution is 5.89. The summed E-state index contributed by atoms with van der Waals surface area (Å²) >= 11 is 0. The van der Waals surface area contributed by atoms with E-state index in [9.17, 15) is 23.5 Å². The molecule has 3 atom stereocenters. The van der Waals surface area contributed by atoms with E-state index in [2.05, 4.69) is 16.0 Å². The van der Waals surface area contributed by atoms with E-state index in [4.69, 9.17) is 14.2 Å². The van der Waals surface area contributed by atoms with Gasteiger partial charge in [0.1, 0.15) is 17.7 Å². The molecule has 4 N–H and O–H groups in total. The van der Waals surface area contributed by atoms with E-state index in [0.717, 1.165) is 23.8 Å². The van der Waals surface area contributed by atoms with Gasteiger partial charge in [0, 0.05) is 12.6 Å². The number of anilines is 1. The van der Waals surface area contributed by atoms with Gasteiger partial charge < -0.3 is 35.3 Å². The van der Waals surface area contributed by atoms with Gasteiger partial charge in [-0.2, -0.15) is 0 Å². The lowest BCUT2D eigenvalue weighted by Crippen LogP contribution is -2.50. The van der Waals surface area contributed by atoms with Crippen molar-refractivity contribution in [1.82, 2.24) is 10.6 Å². The number of ether oxygens (including phenoxy) is 3. The van der Waals surface area contributed by atoms with Gasteiger partial charge in [-0.05, 0) is 29.8 Å². The molecule has 2 aliphatic rings. The molecule has 2 aliphatic heterocycles. The number of fused-ring (bicyclic) bond motifs is 1.